The smallest absolute Gasteiger partial charge is 0.330 e. The summed E-state index contributed by atoms with van der Waals surface area (Å²) in [5.74, 6) is 0. The molecule has 0 aliphatic carbocycles. The second kappa shape index (κ2) is 11.2. The zero-order chi connectivity index (χ0) is 13.0. The van der Waals surface area contributed by atoms with Crippen molar-refractivity contribution < 1.29 is 18.9 Å². The maximum Gasteiger partial charge on any atom is 0.469 e. The van der Waals surface area contributed by atoms with E-state index in [2.05, 4.69) is 4.52 Å². The van der Waals surface area contributed by atoms with Crippen LogP contribution in [-0.2, 0) is 9.09 Å². The van der Waals surface area contributed by atoms with Crippen LogP contribution in [0.1, 0.15) is 57.8 Å². The van der Waals surface area contributed by atoms with Gasteiger partial charge in [-0.1, -0.05) is 44.9 Å². The van der Waals surface area contributed by atoms with Crippen molar-refractivity contribution in [3.8, 4) is 0 Å². The van der Waals surface area contributed by atoms with Crippen LogP contribution in [-0.4, -0.2) is 22.9 Å². The van der Waals surface area contributed by atoms with Crippen molar-refractivity contribution in [1.82, 2.24) is 0 Å². The van der Waals surface area contributed by atoms with Crippen LogP contribution < -0.4 is 5.73 Å². The van der Waals surface area contributed by atoms with Gasteiger partial charge in [0.2, 0.25) is 0 Å². The topological polar surface area (TPSA) is 92.8 Å². The second-order valence-electron chi connectivity index (χ2n) is 4.29. The van der Waals surface area contributed by atoms with E-state index in [0.29, 0.717) is 0 Å². The Balaban J connectivity index is 3.01. The van der Waals surface area contributed by atoms with Crippen LogP contribution in [0.2, 0.25) is 0 Å². The minimum Gasteiger partial charge on any atom is -0.330 e. The SMILES string of the molecule is NCCCCCCCCCCCOP(=O)(O)O. The quantitative estimate of drug-likeness (QED) is 0.373. The monoisotopic (exact) mass is 267 g/mol. The summed E-state index contributed by atoms with van der Waals surface area (Å²) in [6.45, 7) is 0.945. The summed E-state index contributed by atoms with van der Waals surface area (Å²) < 4.78 is 14.7. The van der Waals surface area contributed by atoms with Crippen LogP contribution in [0.4, 0.5) is 0 Å². The number of rotatable bonds is 12. The van der Waals surface area contributed by atoms with Gasteiger partial charge in [0.25, 0.3) is 0 Å². The molecular formula is C11H26NO4P. The third-order valence-electron chi connectivity index (χ3n) is 2.61. The summed E-state index contributed by atoms with van der Waals surface area (Å²) in [4.78, 5) is 16.9. The summed E-state index contributed by atoms with van der Waals surface area (Å²) in [5.41, 5.74) is 5.40. The third-order valence-corrected chi connectivity index (χ3v) is 3.13. The molecule has 0 rings (SSSR count). The molecule has 104 valence electrons. The Morgan fingerprint density at radius 3 is 1.65 bits per heavy atom. The number of unbranched alkanes of at least 4 members (excludes halogenated alkanes) is 8. The standard InChI is InChI=1S/C11H26NO4P/c12-10-8-6-4-2-1-3-5-7-9-11-16-17(13,14)15/h1-12H2,(H2,13,14,15). The summed E-state index contributed by atoms with van der Waals surface area (Å²) in [7, 11) is -4.25. The lowest BCUT2D eigenvalue weighted by Gasteiger charge is -2.05. The highest BCUT2D eigenvalue weighted by atomic mass is 31.2. The summed E-state index contributed by atoms with van der Waals surface area (Å²) in [6.07, 6.45) is 10.1. The van der Waals surface area contributed by atoms with Crippen molar-refractivity contribution in [1.29, 1.82) is 0 Å². The average molecular weight is 267 g/mol. The van der Waals surface area contributed by atoms with Gasteiger partial charge in [0, 0.05) is 0 Å². The molecule has 0 aliphatic heterocycles. The normalized spacial score (nSPS) is 11.9. The molecule has 0 amide bonds. The van der Waals surface area contributed by atoms with Gasteiger partial charge in [0.1, 0.15) is 0 Å². The molecular weight excluding hydrogens is 241 g/mol. The molecule has 0 unspecified atom stereocenters. The van der Waals surface area contributed by atoms with E-state index in [1.807, 2.05) is 0 Å². The largest absolute Gasteiger partial charge is 0.469 e. The highest BCUT2D eigenvalue weighted by molar-refractivity contribution is 7.46. The first-order valence-electron chi connectivity index (χ1n) is 6.46. The van der Waals surface area contributed by atoms with Crippen molar-refractivity contribution in [3.05, 3.63) is 0 Å². The van der Waals surface area contributed by atoms with Crippen LogP contribution in [0.3, 0.4) is 0 Å². The van der Waals surface area contributed by atoms with E-state index in [9.17, 15) is 4.57 Å². The molecule has 0 aromatic carbocycles. The Morgan fingerprint density at radius 1 is 0.824 bits per heavy atom. The fourth-order valence-electron chi connectivity index (χ4n) is 1.67. The predicted molar refractivity (Wildman–Crippen MR) is 68.6 cm³/mol. The second-order valence-corrected chi connectivity index (χ2v) is 5.53. The number of nitrogens with two attached hydrogens (primary N) is 1. The fourth-order valence-corrected chi connectivity index (χ4v) is 2.03. The molecule has 0 aromatic rings. The summed E-state index contributed by atoms with van der Waals surface area (Å²) >= 11 is 0. The first-order valence-corrected chi connectivity index (χ1v) is 7.99. The molecule has 17 heavy (non-hydrogen) atoms. The van der Waals surface area contributed by atoms with Crippen LogP contribution in [0, 0.1) is 0 Å². The zero-order valence-electron chi connectivity index (χ0n) is 10.5. The zero-order valence-corrected chi connectivity index (χ0v) is 11.4. The van der Waals surface area contributed by atoms with E-state index >= 15 is 0 Å². The van der Waals surface area contributed by atoms with Gasteiger partial charge in [-0.3, -0.25) is 4.52 Å². The summed E-state index contributed by atoms with van der Waals surface area (Å²) in [6, 6.07) is 0. The highest BCUT2D eigenvalue weighted by Gasteiger charge is 2.12. The molecule has 0 bridgehead atoms. The Labute approximate surface area is 104 Å². The van der Waals surface area contributed by atoms with Gasteiger partial charge in [-0.25, -0.2) is 4.57 Å². The molecule has 0 atom stereocenters. The Hall–Kier alpha value is 0.0700. The lowest BCUT2D eigenvalue weighted by molar-refractivity contribution is 0.193. The van der Waals surface area contributed by atoms with E-state index in [1.165, 1.54) is 32.1 Å². The van der Waals surface area contributed by atoms with Gasteiger partial charge in [0.05, 0.1) is 6.61 Å². The molecule has 4 N–H and O–H groups in total. The number of hydrogen-bond acceptors (Lipinski definition) is 3. The maximum atomic E-state index is 10.4. The third kappa shape index (κ3) is 16.1. The minimum absolute atomic E-state index is 0.154. The van der Waals surface area contributed by atoms with Gasteiger partial charge in [-0.2, -0.15) is 0 Å². The van der Waals surface area contributed by atoms with Gasteiger partial charge >= 0.3 is 7.82 Å². The van der Waals surface area contributed by atoms with Crippen LogP contribution in [0.5, 0.6) is 0 Å². The minimum atomic E-state index is -4.25. The van der Waals surface area contributed by atoms with E-state index in [4.69, 9.17) is 15.5 Å². The molecule has 5 nitrogen and oxygen atoms in total. The van der Waals surface area contributed by atoms with E-state index < -0.39 is 7.82 Å². The Bertz CT molecular complexity index is 208. The van der Waals surface area contributed by atoms with Crippen molar-refractivity contribution in [2.75, 3.05) is 13.2 Å². The van der Waals surface area contributed by atoms with E-state index in [0.717, 1.165) is 32.2 Å². The van der Waals surface area contributed by atoms with Crippen molar-refractivity contribution in [2.45, 2.75) is 57.8 Å². The Kier molecular flexibility index (Phi) is 11.2. The van der Waals surface area contributed by atoms with Crippen molar-refractivity contribution in [3.63, 3.8) is 0 Å². The molecule has 6 heteroatoms. The van der Waals surface area contributed by atoms with Crippen LogP contribution >= 0.6 is 7.82 Å². The molecule has 0 saturated heterocycles. The van der Waals surface area contributed by atoms with Gasteiger partial charge in [-0.15, -0.1) is 0 Å². The summed E-state index contributed by atoms with van der Waals surface area (Å²) in [5, 5.41) is 0. The van der Waals surface area contributed by atoms with Gasteiger partial charge in [-0.05, 0) is 19.4 Å². The molecule has 0 heterocycles. The van der Waals surface area contributed by atoms with Crippen LogP contribution in [0.15, 0.2) is 0 Å². The molecule has 0 aliphatic rings. The lowest BCUT2D eigenvalue weighted by atomic mass is 10.1. The first kappa shape index (κ1) is 17.1. The Morgan fingerprint density at radius 2 is 1.24 bits per heavy atom. The number of phosphoric ester groups is 1. The van der Waals surface area contributed by atoms with E-state index in [1.54, 1.807) is 0 Å². The molecule has 0 saturated carbocycles. The molecule has 0 spiro atoms. The van der Waals surface area contributed by atoms with Crippen LogP contribution in [0.25, 0.3) is 0 Å². The van der Waals surface area contributed by atoms with Crippen molar-refractivity contribution >= 4 is 7.82 Å². The lowest BCUT2D eigenvalue weighted by Crippen LogP contribution is -1.97. The van der Waals surface area contributed by atoms with Crippen molar-refractivity contribution in [2.24, 2.45) is 5.73 Å². The number of hydrogen-bond donors (Lipinski definition) is 3. The highest BCUT2D eigenvalue weighted by Crippen LogP contribution is 2.35. The molecule has 0 radical (unpaired) electrons. The molecule has 0 fully saturated rings. The molecule has 0 aromatic heterocycles. The van der Waals surface area contributed by atoms with Gasteiger partial charge < -0.3 is 15.5 Å². The first-order chi connectivity index (χ1) is 8.06. The van der Waals surface area contributed by atoms with Gasteiger partial charge in [0.15, 0.2) is 0 Å². The fraction of sp³-hybridized carbons (Fsp3) is 1.00. The maximum absolute atomic E-state index is 10.4. The average Bonchev–Trinajstić information content (AvgIpc) is 2.24. The predicted octanol–water partition coefficient (Wildman–Crippen LogP) is 2.57. The number of phosphoric acid groups is 1. The van der Waals surface area contributed by atoms with E-state index in [-0.39, 0.29) is 6.61 Å².